The van der Waals surface area contributed by atoms with Gasteiger partial charge in [-0.25, -0.2) is 0 Å². The highest BCUT2D eigenvalue weighted by atomic mass is 16.5. The highest BCUT2D eigenvalue weighted by Crippen LogP contribution is 2.22. The quantitative estimate of drug-likeness (QED) is 0.392. The van der Waals surface area contributed by atoms with Crippen molar-refractivity contribution < 1.29 is 14.3 Å². The zero-order chi connectivity index (χ0) is 15.0. The minimum atomic E-state index is -0.580. The van der Waals surface area contributed by atoms with E-state index in [2.05, 4.69) is 10.6 Å². The number of benzene rings is 1. The molecule has 0 aliphatic rings. The van der Waals surface area contributed by atoms with E-state index in [0.29, 0.717) is 37.5 Å². The molecule has 6 N–H and O–H groups in total. The van der Waals surface area contributed by atoms with Crippen molar-refractivity contribution in [2.75, 3.05) is 37.9 Å². The Morgan fingerprint density at radius 1 is 1.30 bits per heavy atom. The summed E-state index contributed by atoms with van der Waals surface area (Å²) in [6.45, 7) is 1.37. The molecule has 0 saturated heterocycles. The summed E-state index contributed by atoms with van der Waals surface area (Å²) in [6, 6.07) is 4.96. The van der Waals surface area contributed by atoms with E-state index in [1.165, 1.54) is 0 Å². The molecule has 1 aromatic carbocycles. The lowest BCUT2D eigenvalue weighted by Gasteiger charge is -2.11. The molecule has 110 valence electrons. The summed E-state index contributed by atoms with van der Waals surface area (Å²) >= 11 is 0. The van der Waals surface area contributed by atoms with Gasteiger partial charge in [-0.1, -0.05) is 6.07 Å². The standard InChI is InChI=1S/C13H20N4O3/c1-20-8-7-17-11(18)5-6-16-10-4-2-3-9(12(10)14)13(15)19/h2-4,16H,5-8,14H2,1H3,(H2,15,19)(H,17,18). The Labute approximate surface area is 117 Å². The predicted molar refractivity (Wildman–Crippen MR) is 77.4 cm³/mol. The first-order valence-electron chi connectivity index (χ1n) is 6.24. The van der Waals surface area contributed by atoms with E-state index < -0.39 is 5.91 Å². The molecule has 1 aromatic rings. The van der Waals surface area contributed by atoms with Gasteiger partial charge in [0, 0.05) is 26.6 Å². The van der Waals surface area contributed by atoms with E-state index in [0.717, 1.165) is 0 Å². The molecule has 0 aliphatic carbocycles. The first-order valence-corrected chi connectivity index (χ1v) is 6.24. The topological polar surface area (TPSA) is 119 Å². The number of amides is 2. The van der Waals surface area contributed by atoms with Gasteiger partial charge in [-0.2, -0.15) is 0 Å². The normalized spacial score (nSPS) is 10.1. The number of anilines is 2. The van der Waals surface area contributed by atoms with E-state index in [-0.39, 0.29) is 11.5 Å². The lowest BCUT2D eigenvalue weighted by molar-refractivity contribution is -0.121. The molecule has 1 rings (SSSR count). The van der Waals surface area contributed by atoms with Crippen molar-refractivity contribution >= 4 is 23.2 Å². The van der Waals surface area contributed by atoms with Gasteiger partial charge in [-0.05, 0) is 12.1 Å². The van der Waals surface area contributed by atoms with E-state index in [1.54, 1.807) is 25.3 Å². The molecule has 2 amide bonds. The molecule has 0 heterocycles. The summed E-state index contributed by atoms with van der Waals surface area (Å²) in [5.41, 5.74) is 12.2. The van der Waals surface area contributed by atoms with Crippen molar-refractivity contribution in [3.05, 3.63) is 23.8 Å². The number of primary amides is 1. The molecule has 0 spiro atoms. The zero-order valence-electron chi connectivity index (χ0n) is 11.4. The maximum Gasteiger partial charge on any atom is 0.250 e. The van der Waals surface area contributed by atoms with Gasteiger partial charge < -0.3 is 26.8 Å². The van der Waals surface area contributed by atoms with Crippen LogP contribution in [-0.2, 0) is 9.53 Å². The molecule has 0 fully saturated rings. The molecular weight excluding hydrogens is 260 g/mol. The molecular formula is C13H20N4O3. The van der Waals surface area contributed by atoms with Gasteiger partial charge in [0.1, 0.15) is 0 Å². The Morgan fingerprint density at radius 3 is 2.70 bits per heavy atom. The third-order valence-electron chi connectivity index (χ3n) is 2.67. The number of hydrogen-bond acceptors (Lipinski definition) is 5. The van der Waals surface area contributed by atoms with Crippen LogP contribution in [0.25, 0.3) is 0 Å². The van der Waals surface area contributed by atoms with Gasteiger partial charge in [0.05, 0.1) is 23.5 Å². The van der Waals surface area contributed by atoms with Crippen LogP contribution in [0.5, 0.6) is 0 Å². The number of carbonyl (C=O) groups is 2. The third kappa shape index (κ3) is 4.77. The molecule has 7 nitrogen and oxygen atoms in total. The van der Waals surface area contributed by atoms with Gasteiger partial charge in [-0.3, -0.25) is 9.59 Å². The molecule has 0 aromatic heterocycles. The Hall–Kier alpha value is -2.28. The van der Waals surface area contributed by atoms with E-state index >= 15 is 0 Å². The molecule has 0 unspecified atom stereocenters. The first kappa shape index (κ1) is 15.8. The number of ether oxygens (including phenoxy) is 1. The predicted octanol–water partition coefficient (Wildman–Crippen LogP) is -0.0677. The van der Waals surface area contributed by atoms with Crippen molar-refractivity contribution in [2.45, 2.75) is 6.42 Å². The lowest BCUT2D eigenvalue weighted by atomic mass is 10.1. The van der Waals surface area contributed by atoms with Crippen LogP contribution in [0, 0.1) is 0 Å². The largest absolute Gasteiger partial charge is 0.396 e. The second kappa shape index (κ2) is 8.00. The van der Waals surface area contributed by atoms with Crippen LogP contribution < -0.4 is 22.1 Å². The summed E-state index contributed by atoms with van der Waals surface area (Å²) < 4.78 is 4.83. The van der Waals surface area contributed by atoms with Gasteiger partial charge in [-0.15, -0.1) is 0 Å². The zero-order valence-corrected chi connectivity index (χ0v) is 11.4. The van der Waals surface area contributed by atoms with Crippen LogP contribution in [0.3, 0.4) is 0 Å². The summed E-state index contributed by atoms with van der Waals surface area (Å²) in [5.74, 6) is -0.664. The number of nitrogens with one attached hydrogen (secondary N) is 2. The number of para-hydroxylation sites is 1. The highest BCUT2D eigenvalue weighted by Gasteiger charge is 2.09. The minimum absolute atomic E-state index is 0.0841. The smallest absolute Gasteiger partial charge is 0.250 e. The van der Waals surface area contributed by atoms with E-state index in [1.807, 2.05) is 0 Å². The fourth-order valence-electron chi connectivity index (χ4n) is 1.63. The summed E-state index contributed by atoms with van der Waals surface area (Å²) in [4.78, 5) is 22.6. The van der Waals surface area contributed by atoms with Crippen LogP contribution in [0.2, 0.25) is 0 Å². The average molecular weight is 280 g/mol. The Morgan fingerprint density at radius 2 is 2.05 bits per heavy atom. The number of hydrogen-bond donors (Lipinski definition) is 4. The van der Waals surface area contributed by atoms with Crippen molar-refractivity contribution in [2.24, 2.45) is 5.73 Å². The van der Waals surface area contributed by atoms with Gasteiger partial charge in [0.25, 0.3) is 5.91 Å². The Bertz CT molecular complexity index is 477. The maximum atomic E-state index is 11.5. The van der Waals surface area contributed by atoms with E-state index in [4.69, 9.17) is 16.2 Å². The number of rotatable bonds is 8. The van der Waals surface area contributed by atoms with Crippen LogP contribution in [0.15, 0.2) is 18.2 Å². The van der Waals surface area contributed by atoms with Crippen molar-refractivity contribution in [1.29, 1.82) is 0 Å². The Balaban J connectivity index is 2.44. The minimum Gasteiger partial charge on any atom is -0.396 e. The molecule has 0 saturated carbocycles. The molecule has 0 radical (unpaired) electrons. The van der Waals surface area contributed by atoms with Crippen LogP contribution in [0.1, 0.15) is 16.8 Å². The second-order valence-corrected chi connectivity index (χ2v) is 4.15. The number of methoxy groups -OCH3 is 1. The maximum absolute atomic E-state index is 11.5. The molecule has 0 bridgehead atoms. The molecule has 7 heteroatoms. The number of nitrogen functional groups attached to an aromatic ring is 1. The SMILES string of the molecule is COCCNC(=O)CCNc1cccc(C(N)=O)c1N. The second-order valence-electron chi connectivity index (χ2n) is 4.15. The summed E-state index contributed by atoms with van der Waals surface area (Å²) in [7, 11) is 1.57. The van der Waals surface area contributed by atoms with Gasteiger partial charge in [0.15, 0.2) is 0 Å². The molecule has 0 aliphatic heterocycles. The fourth-order valence-corrected chi connectivity index (χ4v) is 1.63. The van der Waals surface area contributed by atoms with Crippen molar-refractivity contribution in [1.82, 2.24) is 5.32 Å². The van der Waals surface area contributed by atoms with Crippen LogP contribution >= 0.6 is 0 Å². The van der Waals surface area contributed by atoms with Crippen LogP contribution in [-0.4, -0.2) is 38.6 Å². The average Bonchev–Trinajstić information content (AvgIpc) is 2.40. The number of nitrogens with two attached hydrogens (primary N) is 2. The fraction of sp³-hybridized carbons (Fsp3) is 0.385. The monoisotopic (exact) mass is 280 g/mol. The van der Waals surface area contributed by atoms with Crippen molar-refractivity contribution in [3.8, 4) is 0 Å². The summed E-state index contributed by atoms with van der Waals surface area (Å²) in [6.07, 6.45) is 0.296. The lowest BCUT2D eigenvalue weighted by Crippen LogP contribution is -2.28. The van der Waals surface area contributed by atoms with E-state index in [9.17, 15) is 9.59 Å². The first-order chi connectivity index (χ1) is 9.56. The highest BCUT2D eigenvalue weighted by molar-refractivity contribution is 6.00. The summed E-state index contributed by atoms with van der Waals surface area (Å²) in [5, 5.41) is 5.71. The van der Waals surface area contributed by atoms with Gasteiger partial charge in [0.2, 0.25) is 5.91 Å². The Kier molecular flexibility index (Phi) is 6.31. The third-order valence-corrected chi connectivity index (χ3v) is 2.67. The number of carbonyl (C=O) groups excluding carboxylic acids is 2. The molecule has 20 heavy (non-hydrogen) atoms. The van der Waals surface area contributed by atoms with Gasteiger partial charge >= 0.3 is 0 Å². The molecule has 0 atom stereocenters. The van der Waals surface area contributed by atoms with Crippen molar-refractivity contribution in [3.63, 3.8) is 0 Å². The van der Waals surface area contributed by atoms with Crippen LogP contribution in [0.4, 0.5) is 11.4 Å².